The molecule has 0 atom stereocenters. The Morgan fingerprint density at radius 3 is 1.66 bits per heavy atom. The van der Waals surface area contributed by atoms with Crippen LogP contribution in [0.25, 0.3) is 0 Å². The third-order valence-corrected chi connectivity index (χ3v) is 3.87. The van der Waals surface area contributed by atoms with Crippen molar-refractivity contribution in [3.8, 4) is 0 Å². The van der Waals surface area contributed by atoms with Crippen LogP contribution in [-0.4, -0.2) is 84.6 Å². The van der Waals surface area contributed by atoms with E-state index in [1.807, 2.05) is 13.8 Å². The molecular formula is C22H44O7. The lowest BCUT2D eigenvalue weighted by atomic mass is 10.1. The van der Waals surface area contributed by atoms with Gasteiger partial charge in [0, 0.05) is 19.6 Å². The van der Waals surface area contributed by atoms with E-state index in [1.165, 1.54) is 6.42 Å². The molecule has 0 aliphatic rings. The molecule has 0 spiro atoms. The Morgan fingerprint density at radius 2 is 1.10 bits per heavy atom. The van der Waals surface area contributed by atoms with Gasteiger partial charge in [0.25, 0.3) is 0 Å². The maximum atomic E-state index is 11.7. The predicted molar refractivity (Wildman–Crippen MR) is 113 cm³/mol. The van der Waals surface area contributed by atoms with Gasteiger partial charge >= 0.3 is 0 Å². The third-order valence-electron chi connectivity index (χ3n) is 3.87. The molecule has 0 aliphatic heterocycles. The van der Waals surface area contributed by atoms with Crippen LogP contribution in [0.2, 0.25) is 0 Å². The number of hydrogen-bond donors (Lipinski definition) is 0. The number of ketones is 1. The number of hydrogen-bond acceptors (Lipinski definition) is 7. The average molecular weight is 421 g/mol. The van der Waals surface area contributed by atoms with Crippen molar-refractivity contribution >= 4 is 5.78 Å². The van der Waals surface area contributed by atoms with Crippen molar-refractivity contribution in [1.29, 1.82) is 0 Å². The normalized spacial score (nSPS) is 11.7. The van der Waals surface area contributed by atoms with E-state index in [0.29, 0.717) is 71.8 Å². The van der Waals surface area contributed by atoms with E-state index in [-0.39, 0.29) is 18.5 Å². The summed E-state index contributed by atoms with van der Waals surface area (Å²) in [4.78, 5) is 11.7. The fourth-order valence-corrected chi connectivity index (χ4v) is 2.33. The Kier molecular flexibility index (Phi) is 21.7. The van der Waals surface area contributed by atoms with Crippen LogP contribution < -0.4 is 0 Å². The fraction of sp³-hybridized carbons (Fsp3) is 0.955. The Labute approximate surface area is 177 Å². The zero-order chi connectivity index (χ0) is 21.6. The molecule has 0 aliphatic carbocycles. The summed E-state index contributed by atoms with van der Waals surface area (Å²) < 4.78 is 32.4. The molecule has 0 aromatic heterocycles. The van der Waals surface area contributed by atoms with Gasteiger partial charge in [-0.25, -0.2) is 0 Å². The van der Waals surface area contributed by atoms with Gasteiger partial charge in [0.05, 0.1) is 59.0 Å². The lowest BCUT2D eigenvalue weighted by Crippen LogP contribution is -2.15. The molecule has 0 radical (unpaired) electrons. The highest BCUT2D eigenvalue weighted by Crippen LogP contribution is 2.03. The van der Waals surface area contributed by atoms with Crippen LogP contribution in [0.5, 0.6) is 0 Å². The molecule has 0 N–H and O–H groups in total. The molecule has 29 heavy (non-hydrogen) atoms. The number of rotatable bonds is 23. The van der Waals surface area contributed by atoms with Crippen molar-refractivity contribution in [3.05, 3.63) is 0 Å². The summed E-state index contributed by atoms with van der Waals surface area (Å²) >= 11 is 0. The summed E-state index contributed by atoms with van der Waals surface area (Å²) in [6.45, 7) is 14.2. The average Bonchev–Trinajstić information content (AvgIpc) is 2.67. The third kappa shape index (κ3) is 25.4. The molecular weight excluding hydrogens is 376 g/mol. The van der Waals surface area contributed by atoms with Crippen molar-refractivity contribution in [2.75, 3.05) is 72.7 Å². The van der Waals surface area contributed by atoms with E-state index in [1.54, 1.807) is 0 Å². The molecule has 0 heterocycles. The summed E-state index contributed by atoms with van der Waals surface area (Å²) in [5.41, 5.74) is 0. The van der Waals surface area contributed by atoms with Crippen LogP contribution >= 0.6 is 0 Å². The topological polar surface area (TPSA) is 72.5 Å². The highest BCUT2D eigenvalue weighted by molar-refractivity contribution is 5.79. The molecule has 0 saturated carbocycles. The van der Waals surface area contributed by atoms with E-state index in [4.69, 9.17) is 28.4 Å². The molecule has 0 fully saturated rings. The number of carbonyl (C=O) groups is 1. The van der Waals surface area contributed by atoms with Gasteiger partial charge in [0.15, 0.2) is 5.78 Å². The maximum Gasteiger partial charge on any atom is 0.158 e. The second kappa shape index (κ2) is 22.1. The molecule has 0 aromatic rings. The lowest BCUT2D eigenvalue weighted by molar-refractivity contribution is -0.124. The van der Waals surface area contributed by atoms with E-state index in [9.17, 15) is 4.79 Å². The van der Waals surface area contributed by atoms with E-state index in [0.717, 1.165) is 19.4 Å². The quantitative estimate of drug-likeness (QED) is 0.235. The summed E-state index contributed by atoms with van der Waals surface area (Å²) in [6, 6.07) is 0. The van der Waals surface area contributed by atoms with Crippen molar-refractivity contribution < 1.29 is 33.2 Å². The number of carbonyl (C=O) groups excluding carboxylic acids is 1. The zero-order valence-corrected chi connectivity index (χ0v) is 19.1. The van der Waals surface area contributed by atoms with Crippen molar-refractivity contribution in [3.63, 3.8) is 0 Å². The first-order chi connectivity index (χ1) is 14.0. The van der Waals surface area contributed by atoms with Crippen LogP contribution in [0.15, 0.2) is 0 Å². The van der Waals surface area contributed by atoms with E-state index in [2.05, 4.69) is 13.8 Å². The molecule has 0 bridgehead atoms. The summed E-state index contributed by atoms with van der Waals surface area (Å²) in [5.74, 6) is 0.825. The van der Waals surface area contributed by atoms with Crippen LogP contribution in [0.1, 0.15) is 53.4 Å². The predicted octanol–water partition coefficient (Wildman–Crippen LogP) is 3.28. The first-order valence-corrected chi connectivity index (χ1v) is 11.0. The number of Topliss-reactive ketones (excluding diaryl/α,β-unsaturated/α-hetero) is 1. The summed E-state index contributed by atoms with van der Waals surface area (Å²) in [6.07, 6.45) is 3.76. The fourth-order valence-electron chi connectivity index (χ4n) is 2.33. The van der Waals surface area contributed by atoms with Crippen molar-refractivity contribution in [2.45, 2.75) is 59.5 Å². The second-order valence-electron chi connectivity index (χ2n) is 7.60. The first kappa shape index (κ1) is 28.4. The van der Waals surface area contributed by atoms with Gasteiger partial charge in [-0.05, 0) is 39.0 Å². The molecule has 7 heteroatoms. The van der Waals surface area contributed by atoms with Crippen LogP contribution in [0.4, 0.5) is 0 Å². The Morgan fingerprint density at radius 1 is 0.621 bits per heavy atom. The first-order valence-electron chi connectivity index (χ1n) is 11.0. The minimum Gasteiger partial charge on any atom is -0.381 e. The minimum absolute atomic E-state index is 0.109. The molecule has 0 amide bonds. The van der Waals surface area contributed by atoms with Crippen LogP contribution in [-0.2, 0) is 33.2 Å². The monoisotopic (exact) mass is 420 g/mol. The smallest absolute Gasteiger partial charge is 0.158 e. The highest BCUT2D eigenvalue weighted by Gasteiger charge is 2.02. The van der Waals surface area contributed by atoms with Gasteiger partial charge in [-0.2, -0.15) is 0 Å². The van der Waals surface area contributed by atoms with Crippen LogP contribution in [0, 0.1) is 5.92 Å². The Balaban J connectivity index is 3.16. The minimum atomic E-state index is 0.109. The maximum absolute atomic E-state index is 11.7. The standard InChI is InChI=1S/C22H44O7/c1-20(2)7-5-9-24-10-6-8-22(23)19-28-16-15-26-12-11-25-13-14-27-17-18-29-21(3)4/h20-21H,5-19H2,1-4H3. The van der Waals surface area contributed by atoms with Gasteiger partial charge in [-0.1, -0.05) is 13.8 Å². The van der Waals surface area contributed by atoms with Crippen molar-refractivity contribution in [2.24, 2.45) is 5.92 Å². The summed E-state index contributed by atoms with van der Waals surface area (Å²) in [7, 11) is 0. The largest absolute Gasteiger partial charge is 0.381 e. The molecule has 0 unspecified atom stereocenters. The highest BCUT2D eigenvalue weighted by atomic mass is 16.6. The van der Waals surface area contributed by atoms with Crippen molar-refractivity contribution in [1.82, 2.24) is 0 Å². The van der Waals surface area contributed by atoms with Gasteiger partial charge in [-0.3, -0.25) is 4.79 Å². The van der Waals surface area contributed by atoms with Crippen LogP contribution in [0.3, 0.4) is 0 Å². The lowest BCUT2D eigenvalue weighted by Gasteiger charge is -2.09. The molecule has 0 saturated heterocycles. The zero-order valence-electron chi connectivity index (χ0n) is 19.1. The van der Waals surface area contributed by atoms with E-state index < -0.39 is 0 Å². The molecule has 174 valence electrons. The molecule has 0 aromatic carbocycles. The second-order valence-corrected chi connectivity index (χ2v) is 7.60. The van der Waals surface area contributed by atoms with Gasteiger partial charge in [0.1, 0.15) is 6.61 Å². The molecule has 7 nitrogen and oxygen atoms in total. The number of ether oxygens (including phenoxy) is 6. The van der Waals surface area contributed by atoms with E-state index >= 15 is 0 Å². The molecule has 0 rings (SSSR count). The Hall–Kier alpha value is -0.570. The van der Waals surface area contributed by atoms with Gasteiger partial charge in [0.2, 0.25) is 0 Å². The summed E-state index contributed by atoms with van der Waals surface area (Å²) in [5, 5.41) is 0. The SMILES string of the molecule is CC(C)CCCOCCCC(=O)COCCOCCOCCOCCOC(C)C. The Bertz CT molecular complexity index is 348. The van der Waals surface area contributed by atoms with Gasteiger partial charge < -0.3 is 28.4 Å². The van der Waals surface area contributed by atoms with Gasteiger partial charge in [-0.15, -0.1) is 0 Å².